The van der Waals surface area contributed by atoms with Crippen LogP contribution >= 0.6 is 0 Å². The molecule has 1 unspecified atom stereocenters. The second-order valence-electron chi connectivity index (χ2n) is 4.45. The third kappa shape index (κ3) is 8.19. The number of unbranched alkanes of at least 4 members (excludes halogenated alkanes) is 1. The number of esters is 2. The average molecular weight is 268 g/mol. The van der Waals surface area contributed by atoms with Gasteiger partial charge in [-0.05, 0) is 12.3 Å². The number of hydrogen-bond acceptors (Lipinski definition) is 4. The Morgan fingerprint density at radius 1 is 1.32 bits per heavy atom. The van der Waals surface area contributed by atoms with Crippen molar-refractivity contribution >= 4 is 11.9 Å². The van der Waals surface area contributed by atoms with E-state index in [-0.39, 0.29) is 12.0 Å². The van der Waals surface area contributed by atoms with Crippen molar-refractivity contribution in [2.45, 2.75) is 46.0 Å². The van der Waals surface area contributed by atoms with Crippen LogP contribution in [0.5, 0.6) is 0 Å². The molecule has 0 saturated carbocycles. The van der Waals surface area contributed by atoms with Crippen LogP contribution in [0.25, 0.3) is 0 Å². The molecule has 19 heavy (non-hydrogen) atoms. The van der Waals surface area contributed by atoms with Gasteiger partial charge in [0.05, 0.1) is 19.3 Å². The first kappa shape index (κ1) is 17.4. The molecule has 0 spiro atoms. The van der Waals surface area contributed by atoms with Crippen LogP contribution < -0.4 is 0 Å². The molecule has 0 heterocycles. The lowest BCUT2D eigenvalue weighted by Crippen LogP contribution is -2.16. The van der Waals surface area contributed by atoms with Crippen LogP contribution in [0, 0.1) is 5.92 Å². The molecule has 0 amide bonds. The van der Waals surface area contributed by atoms with E-state index in [4.69, 9.17) is 4.74 Å². The van der Waals surface area contributed by atoms with Crippen molar-refractivity contribution < 1.29 is 19.1 Å². The van der Waals surface area contributed by atoms with E-state index in [0.717, 1.165) is 31.9 Å². The molecule has 0 aromatic heterocycles. The predicted molar refractivity (Wildman–Crippen MR) is 74.3 cm³/mol. The molecule has 4 nitrogen and oxygen atoms in total. The molecular weight excluding hydrogens is 244 g/mol. The Morgan fingerprint density at radius 2 is 2.00 bits per heavy atom. The van der Waals surface area contributed by atoms with E-state index in [1.165, 1.54) is 0 Å². The summed E-state index contributed by atoms with van der Waals surface area (Å²) in [5, 5.41) is 0. The molecular formula is C15H24O4. The van der Waals surface area contributed by atoms with E-state index in [9.17, 15) is 9.59 Å². The molecule has 0 saturated heterocycles. The summed E-state index contributed by atoms with van der Waals surface area (Å²) in [5.74, 6) is -0.720. The Morgan fingerprint density at radius 3 is 2.53 bits per heavy atom. The van der Waals surface area contributed by atoms with Crippen LogP contribution in [-0.4, -0.2) is 18.5 Å². The zero-order valence-electron chi connectivity index (χ0n) is 11.9. The first-order valence-corrected chi connectivity index (χ1v) is 6.70. The van der Waals surface area contributed by atoms with Crippen LogP contribution in [0.15, 0.2) is 25.0 Å². The minimum atomic E-state index is -0.560. The van der Waals surface area contributed by atoms with Crippen LogP contribution in [-0.2, 0) is 19.1 Å². The van der Waals surface area contributed by atoms with E-state index in [0.29, 0.717) is 12.5 Å². The van der Waals surface area contributed by atoms with Gasteiger partial charge in [-0.1, -0.05) is 46.3 Å². The highest BCUT2D eigenvalue weighted by Gasteiger charge is 2.15. The van der Waals surface area contributed by atoms with E-state index >= 15 is 0 Å². The van der Waals surface area contributed by atoms with Gasteiger partial charge in [0.25, 0.3) is 0 Å². The maximum atomic E-state index is 11.6. The van der Waals surface area contributed by atoms with Crippen LogP contribution in [0.2, 0.25) is 0 Å². The van der Waals surface area contributed by atoms with Crippen LogP contribution in [0.3, 0.4) is 0 Å². The van der Waals surface area contributed by atoms with Crippen LogP contribution in [0.4, 0.5) is 0 Å². The van der Waals surface area contributed by atoms with E-state index in [1.807, 2.05) is 0 Å². The Labute approximate surface area is 115 Å². The number of hydrogen-bond donors (Lipinski definition) is 0. The fourth-order valence-electron chi connectivity index (χ4n) is 1.57. The molecule has 0 aliphatic heterocycles. The third-order valence-electron chi connectivity index (χ3n) is 2.85. The molecule has 0 aliphatic rings. The Balaban J connectivity index is 4.04. The third-order valence-corrected chi connectivity index (χ3v) is 2.85. The molecule has 0 aromatic carbocycles. The fraction of sp³-hybridized carbons (Fsp3) is 0.600. The number of ether oxygens (including phenoxy) is 2. The summed E-state index contributed by atoms with van der Waals surface area (Å²) in [5.41, 5.74) is 0.109. The van der Waals surface area contributed by atoms with Crippen molar-refractivity contribution in [2.75, 3.05) is 6.61 Å². The van der Waals surface area contributed by atoms with Crippen molar-refractivity contribution in [3.8, 4) is 0 Å². The van der Waals surface area contributed by atoms with Crippen LogP contribution in [0.1, 0.15) is 46.0 Å². The van der Waals surface area contributed by atoms with Gasteiger partial charge in [0.15, 0.2) is 0 Å². The Kier molecular flexibility index (Phi) is 9.49. The van der Waals surface area contributed by atoms with Gasteiger partial charge < -0.3 is 9.47 Å². The van der Waals surface area contributed by atoms with Gasteiger partial charge in [0.2, 0.25) is 0 Å². The fourth-order valence-corrected chi connectivity index (χ4v) is 1.57. The molecule has 1 atom stereocenters. The minimum absolute atomic E-state index is 0.109. The first-order valence-electron chi connectivity index (χ1n) is 6.70. The Bertz CT molecular complexity index is 320. The van der Waals surface area contributed by atoms with Gasteiger partial charge in [-0.2, -0.15) is 0 Å². The van der Waals surface area contributed by atoms with E-state index in [1.54, 1.807) is 0 Å². The second kappa shape index (κ2) is 10.4. The average Bonchev–Trinajstić information content (AvgIpc) is 2.38. The molecule has 0 aromatic rings. The highest BCUT2D eigenvalue weighted by Crippen LogP contribution is 2.14. The summed E-state index contributed by atoms with van der Waals surface area (Å²) in [7, 11) is 0. The van der Waals surface area contributed by atoms with Gasteiger partial charge >= 0.3 is 11.9 Å². The predicted octanol–water partition coefficient (Wildman–Crippen LogP) is 3.38. The summed E-state index contributed by atoms with van der Waals surface area (Å²) < 4.78 is 9.68. The normalized spacial score (nSPS) is 11.5. The van der Waals surface area contributed by atoms with Gasteiger partial charge in [-0.15, -0.1) is 0 Å². The van der Waals surface area contributed by atoms with Crippen molar-refractivity contribution in [3.63, 3.8) is 0 Å². The highest BCUT2D eigenvalue weighted by molar-refractivity contribution is 5.93. The van der Waals surface area contributed by atoms with Gasteiger partial charge in [0.1, 0.15) is 0 Å². The summed E-state index contributed by atoms with van der Waals surface area (Å²) in [4.78, 5) is 22.8. The van der Waals surface area contributed by atoms with Crippen molar-refractivity contribution in [2.24, 2.45) is 5.92 Å². The second-order valence-corrected chi connectivity index (χ2v) is 4.45. The first-order chi connectivity index (χ1) is 9.04. The summed E-state index contributed by atoms with van der Waals surface area (Å²) in [6.45, 7) is 11.4. The topological polar surface area (TPSA) is 52.6 Å². The minimum Gasteiger partial charge on any atom is -0.462 e. The van der Waals surface area contributed by atoms with Gasteiger partial charge in [-0.3, -0.25) is 4.79 Å². The van der Waals surface area contributed by atoms with Gasteiger partial charge in [0, 0.05) is 5.57 Å². The standard InChI is InChI=1S/C15H24O4/c1-5-8-9-13(6-2)11-19-15(17)12(4)10-14(16)18-7-3/h7,13H,3-6,8-11H2,1-2H3. The summed E-state index contributed by atoms with van der Waals surface area (Å²) >= 11 is 0. The maximum Gasteiger partial charge on any atom is 0.333 e. The van der Waals surface area contributed by atoms with E-state index in [2.05, 4.69) is 31.7 Å². The quantitative estimate of drug-likeness (QED) is 0.346. The smallest absolute Gasteiger partial charge is 0.333 e. The SMILES string of the molecule is C=COC(=O)CC(=C)C(=O)OCC(CC)CCCC. The molecule has 0 bridgehead atoms. The lowest BCUT2D eigenvalue weighted by molar-refractivity contribution is -0.144. The number of carbonyl (C=O) groups is 2. The molecule has 0 N–H and O–H groups in total. The largest absolute Gasteiger partial charge is 0.462 e. The maximum absolute atomic E-state index is 11.6. The molecule has 0 fully saturated rings. The zero-order valence-corrected chi connectivity index (χ0v) is 11.9. The lowest BCUT2D eigenvalue weighted by Gasteiger charge is -2.15. The monoisotopic (exact) mass is 268 g/mol. The summed E-state index contributed by atoms with van der Waals surface area (Å²) in [6.07, 6.45) is 5.13. The Hall–Kier alpha value is -1.58. The van der Waals surface area contributed by atoms with Crippen molar-refractivity contribution in [1.82, 2.24) is 0 Å². The lowest BCUT2D eigenvalue weighted by atomic mass is 10.0. The highest BCUT2D eigenvalue weighted by atomic mass is 16.5. The van der Waals surface area contributed by atoms with E-state index < -0.39 is 11.9 Å². The molecule has 0 aliphatic carbocycles. The molecule has 4 heteroatoms. The van der Waals surface area contributed by atoms with Crippen molar-refractivity contribution in [3.05, 3.63) is 25.0 Å². The zero-order chi connectivity index (χ0) is 14.7. The molecule has 0 radical (unpaired) electrons. The van der Waals surface area contributed by atoms with Gasteiger partial charge in [-0.25, -0.2) is 4.79 Å². The van der Waals surface area contributed by atoms with Crippen molar-refractivity contribution in [1.29, 1.82) is 0 Å². The molecule has 108 valence electrons. The molecule has 0 rings (SSSR count). The summed E-state index contributed by atoms with van der Waals surface area (Å²) in [6, 6.07) is 0. The number of rotatable bonds is 10. The number of carbonyl (C=O) groups excluding carboxylic acids is 2.